The summed E-state index contributed by atoms with van der Waals surface area (Å²) in [5, 5.41) is 16.0. The summed E-state index contributed by atoms with van der Waals surface area (Å²) >= 11 is 3.35. The number of carboxylic acid groups (broad SMARTS) is 1. The molecule has 2 rings (SSSR count). The van der Waals surface area contributed by atoms with Gasteiger partial charge in [-0.1, -0.05) is 28.1 Å². The van der Waals surface area contributed by atoms with Gasteiger partial charge >= 0.3 is 5.97 Å². The van der Waals surface area contributed by atoms with Gasteiger partial charge in [0.05, 0.1) is 18.2 Å². The first-order valence-electron chi connectivity index (χ1n) is 6.65. The van der Waals surface area contributed by atoms with E-state index in [1.165, 1.54) is 4.68 Å². The van der Waals surface area contributed by atoms with Gasteiger partial charge in [-0.3, -0.25) is 14.3 Å². The Kier molecular flexibility index (Phi) is 4.97. The summed E-state index contributed by atoms with van der Waals surface area (Å²) in [4.78, 5) is 23.4. The van der Waals surface area contributed by atoms with Crippen molar-refractivity contribution in [3.05, 3.63) is 51.8 Å². The number of carboxylic acids is 1. The number of hydrogen-bond donors (Lipinski definition) is 2. The van der Waals surface area contributed by atoms with Crippen molar-refractivity contribution in [3.8, 4) is 0 Å². The highest BCUT2D eigenvalue weighted by atomic mass is 79.9. The summed E-state index contributed by atoms with van der Waals surface area (Å²) in [6.45, 7) is 1.79. The molecule has 1 unspecified atom stereocenters. The lowest BCUT2D eigenvalue weighted by Crippen LogP contribution is -2.31. The molecule has 0 bridgehead atoms. The third-order valence-electron chi connectivity index (χ3n) is 3.17. The van der Waals surface area contributed by atoms with E-state index < -0.39 is 12.0 Å². The Morgan fingerprint density at radius 1 is 1.41 bits per heavy atom. The molecule has 2 aromatic rings. The fourth-order valence-electron chi connectivity index (χ4n) is 2.21. The highest BCUT2D eigenvalue weighted by molar-refractivity contribution is 9.10. The van der Waals surface area contributed by atoms with Crippen molar-refractivity contribution in [2.45, 2.75) is 19.4 Å². The maximum absolute atomic E-state index is 12.4. The summed E-state index contributed by atoms with van der Waals surface area (Å²) in [7, 11) is 1.67. The zero-order valence-corrected chi connectivity index (χ0v) is 13.8. The lowest BCUT2D eigenvalue weighted by atomic mass is 10.0. The molecule has 0 spiro atoms. The van der Waals surface area contributed by atoms with Crippen LogP contribution in [0.3, 0.4) is 0 Å². The van der Waals surface area contributed by atoms with Gasteiger partial charge in [-0.05, 0) is 30.7 Å². The smallest absolute Gasteiger partial charge is 0.305 e. The molecule has 1 aromatic heterocycles. The van der Waals surface area contributed by atoms with E-state index in [1.807, 2.05) is 6.07 Å². The van der Waals surface area contributed by atoms with Gasteiger partial charge in [-0.2, -0.15) is 5.10 Å². The van der Waals surface area contributed by atoms with Crippen LogP contribution in [0.2, 0.25) is 0 Å². The third-order valence-corrected chi connectivity index (χ3v) is 3.66. The molecule has 0 saturated heterocycles. The third kappa shape index (κ3) is 3.94. The van der Waals surface area contributed by atoms with Gasteiger partial charge in [0.15, 0.2) is 0 Å². The Morgan fingerprint density at radius 3 is 2.68 bits per heavy atom. The summed E-state index contributed by atoms with van der Waals surface area (Å²) in [5.41, 5.74) is 1.84. The minimum Gasteiger partial charge on any atom is -0.481 e. The highest BCUT2D eigenvalue weighted by Gasteiger charge is 2.21. The number of aliphatic carboxylic acids is 1. The van der Waals surface area contributed by atoms with Crippen LogP contribution >= 0.6 is 15.9 Å². The molecular formula is C15H16BrN3O3. The van der Waals surface area contributed by atoms with Crippen LogP contribution in [0.5, 0.6) is 0 Å². The van der Waals surface area contributed by atoms with Crippen molar-refractivity contribution >= 4 is 27.8 Å². The van der Waals surface area contributed by atoms with Crippen LogP contribution in [0, 0.1) is 6.92 Å². The first-order chi connectivity index (χ1) is 10.4. The summed E-state index contributed by atoms with van der Waals surface area (Å²) in [6.07, 6.45) is -0.195. The molecule has 116 valence electrons. The molecule has 0 saturated carbocycles. The van der Waals surface area contributed by atoms with Crippen molar-refractivity contribution in [2.75, 3.05) is 0 Å². The summed E-state index contributed by atoms with van der Waals surface area (Å²) in [5.74, 6) is -1.33. The molecular weight excluding hydrogens is 350 g/mol. The van der Waals surface area contributed by atoms with Crippen molar-refractivity contribution in [1.82, 2.24) is 15.1 Å². The van der Waals surface area contributed by atoms with Gasteiger partial charge in [0.1, 0.15) is 5.69 Å². The quantitative estimate of drug-likeness (QED) is 0.851. The standard InChI is InChI=1S/C15H16BrN3O3/c1-9-6-13(19(2)18-9)15(22)17-12(8-14(20)21)10-4-3-5-11(16)7-10/h3-7,12H,8H2,1-2H3,(H,17,22)(H,20,21). The number of rotatable bonds is 5. The molecule has 1 aromatic carbocycles. The average molecular weight is 366 g/mol. The van der Waals surface area contributed by atoms with Gasteiger partial charge in [0.25, 0.3) is 5.91 Å². The first-order valence-corrected chi connectivity index (χ1v) is 7.45. The summed E-state index contributed by atoms with van der Waals surface area (Å²) in [6, 6.07) is 8.27. The van der Waals surface area contributed by atoms with Crippen LogP contribution < -0.4 is 5.32 Å². The maximum atomic E-state index is 12.4. The second-order valence-electron chi connectivity index (χ2n) is 4.97. The number of nitrogens with one attached hydrogen (secondary N) is 1. The number of nitrogens with zero attached hydrogens (tertiary/aromatic N) is 2. The second kappa shape index (κ2) is 6.74. The molecule has 2 N–H and O–H groups in total. The largest absolute Gasteiger partial charge is 0.481 e. The SMILES string of the molecule is Cc1cc(C(=O)NC(CC(=O)O)c2cccc(Br)c2)n(C)n1. The molecule has 1 atom stereocenters. The molecule has 0 aliphatic heterocycles. The van der Waals surface area contributed by atoms with E-state index in [9.17, 15) is 9.59 Å². The number of halogens is 1. The molecule has 6 nitrogen and oxygen atoms in total. The van der Waals surface area contributed by atoms with E-state index in [0.717, 1.165) is 15.7 Å². The van der Waals surface area contributed by atoms with E-state index in [1.54, 1.807) is 38.2 Å². The van der Waals surface area contributed by atoms with Gasteiger partial charge in [-0.15, -0.1) is 0 Å². The predicted octanol–water partition coefficient (Wildman–Crippen LogP) is 2.44. The van der Waals surface area contributed by atoms with E-state index in [2.05, 4.69) is 26.3 Å². The Morgan fingerprint density at radius 2 is 2.14 bits per heavy atom. The average Bonchev–Trinajstić information content (AvgIpc) is 2.76. The molecule has 0 aliphatic carbocycles. The molecule has 0 radical (unpaired) electrons. The number of amides is 1. The summed E-state index contributed by atoms with van der Waals surface area (Å²) < 4.78 is 2.30. The van der Waals surface area contributed by atoms with Crippen molar-refractivity contribution in [2.24, 2.45) is 7.05 Å². The topological polar surface area (TPSA) is 84.2 Å². The van der Waals surface area contributed by atoms with Crippen LogP contribution in [-0.4, -0.2) is 26.8 Å². The van der Waals surface area contributed by atoms with Gasteiger partial charge in [-0.25, -0.2) is 0 Å². The number of carbonyl (C=O) groups is 2. The van der Waals surface area contributed by atoms with Gasteiger partial charge < -0.3 is 10.4 Å². The Balaban J connectivity index is 2.25. The van der Waals surface area contributed by atoms with Crippen molar-refractivity contribution in [3.63, 3.8) is 0 Å². The zero-order valence-electron chi connectivity index (χ0n) is 12.2. The predicted molar refractivity (Wildman–Crippen MR) is 84.5 cm³/mol. The maximum Gasteiger partial charge on any atom is 0.305 e. The molecule has 1 heterocycles. The molecule has 0 fully saturated rings. The highest BCUT2D eigenvalue weighted by Crippen LogP contribution is 2.21. The Hall–Kier alpha value is -2.15. The van der Waals surface area contributed by atoms with Crippen LogP contribution in [0.1, 0.15) is 34.2 Å². The van der Waals surface area contributed by atoms with E-state index in [0.29, 0.717) is 5.69 Å². The first kappa shape index (κ1) is 16.2. The normalized spacial score (nSPS) is 12.0. The number of hydrogen-bond acceptors (Lipinski definition) is 3. The minimum absolute atomic E-state index is 0.195. The fraction of sp³-hybridized carbons (Fsp3) is 0.267. The lowest BCUT2D eigenvalue weighted by molar-refractivity contribution is -0.137. The Bertz CT molecular complexity index is 712. The molecule has 1 amide bonds. The van der Waals surface area contributed by atoms with Gasteiger partial charge in [0.2, 0.25) is 0 Å². The number of aryl methyl sites for hydroxylation is 2. The van der Waals surface area contributed by atoms with E-state index in [4.69, 9.17) is 5.11 Å². The molecule has 0 aliphatic rings. The van der Waals surface area contributed by atoms with Crippen molar-refractivity contribution in [1.29, 1.82) is 0 Å². The number of benzene rings is 1. The molecule has 7 heteroatoms. The lowest BCUT2D eigenvalue weighted by Gasteiger charge is -2.17. The fourth-order valence-corrected chi connectivity index (χ4v) is 2.62. The van der Waals surface area contributed by atoms with Crippen LogP contribution in [0.25, 0.3) is 0 Å². The van der Waals surface area contributed by atoms with Gasteiger partial charge in [0, 0.05) is 11.5 Å². The van der Waals surface area contributed by atoms with E-state index in [-0.39, 0.29) is 12.3 Å². The number of carbonyl (C=O) groups excluding carboxylic acids is 1. The van der Waals surface area contributed by atoms with Crippen LogP contribution in [0.15, 0.2) is 34.8 Å². The zero-order chi connectivity index (χ0) is 16.3. The van der Waals surface area contributed by atoms with Crippen LogP contribution in [0.4, 0.5) is 0 Å². The van der Waals surface area contributed by atoms with Crippen LogP contribution in [-0.2, 0) is 11.8 Å². The second-order valence-corrected chi connectivity index (χ2v) is 5.89. The Labute approximate surface area is 136 Å². The monoisotopic (exact) mass is 365 g/mol. The van der Waals surface area contributed by atoms with Crippen molar-refractivity contribution < 1.29 is 14.7 Å². The minimum atomic E-state index is -0.980. The van der Waals surface area contributed by atoms with E-state index >= 15 is 0 Å². The molecule has 22 heavy (non-hydrogen) atoms. The number of aromatic nitrogens is 2.